The molecule has 1 heterocycles. The maximum absolute atomic E-state index is 12.2. The number of amides is 1. The average Bonchev–Trinajstić information content (AvgIpc) is 2.76. The van der Waals surface area contributed by atoms with Gasteiger partial charge in [-0.3, -0.25) is 4.79 Å². The van der Waals surface area contributed by atoms with Crippen LogP contribution in [-0.2, 0) is 11.2 Å². The number of aliphatic hydroxyl groups excluding tert-OH is 1. The third-order valence-corrected chi connectivity index (χ3v) is 4.17. The molecule has 20 heavy (non-hydrogen) atoms. The number of piperidine rings is 1. The van der Waals surface area contributed by atoms with Gasteiger partial charge in [0.05, 0.1) is 18.1 Å². The summed E-state index contributed by atoms with van der Waals surface area (Å²) in [5, 5.41) is 16.4. The lowest BCUT2D eigenvalue weighted by atomic mass is 9.97. The van der Waals surface area contributed by atoms with E-state index in [9.17, 15) is 9.90 Å². The topological polar surface area (TPSA) is 61.4 Å². The molecule has 5 heteroatoms. The van der Waals surface area contributed by atoms with Crippen LogP contribution in [0.2, 0.25) is 0 Å². The molecule has 1 aromatic carbocycles. The number of rotatable bonds is 2. The van der Waals surface area contributed by atoms with Crippen molar-refractivity contribution in [2.75, 3.05) is 13.1 Å². The Bertz CT molecular complexity index is 475. The van der Waals surface area contributed by atoms with Crippen LogP contribution in [0.1, 0.15) is 30.0 Å². The molecule has 3 atom stereocenters. The Kier molecular flexibility index (Phi) is 5.02. The molecule has 3 N–H and O–H groups in total. The van der Waals surface area contributed by atoms with Crippen LogP contribution < -0.4 is 10.6 Å². The minimum absolute atomic E-state index is 0. The van der Waals surface area contributed by atoms with Crippen LogP contribution in [0.5, 0.6) is 0 Å². The van der Waals surface area contributed by atoms with E-state index in [1.165, 1.54) is 0 Å². The van der Waals surface area contributed by atoms with Crippen molar-refractivity contribution in [1.29, 1.82) is 0 Å². The number of hydrogen-bond acceptors (Lipinski definition) is 3. The van der Waals surface area contributed by atoms with Crippen LogP contribution in [-0.4, -0.2) is 30.2 Å². The molecule has 2 aliphatic rings. The lowest BCUT2D eigenvalue weighted by Crippen LogP contribution is -2.43. The first kappa shape index (κ1) is 15.3. The van der Waals surface area contributed by atoms with Gasteiger partial charge in [-0.25, -0.2) is 0 Å². The second-order valence-electron chi connectivity index (χ2n) is 5.50. The zero-order valence-corrected chi connectivity index (χ0v) is 12.2. The second kappa shape index (κ2) is 6.57. The zero-order valence-electron chi connectivity index (χ0n) is 11.3. The number of hydrogen-bond donors (Lipinski definition) is 3. The molecule has 0 unspecified atom stereocenters. The van der Waals surface area contributed by atoms with Crippen LogP contribution in [0.4, 0.5) is 0 Å². The first-order valence-corrected chi connectivity index (χ1v) is 7.02. The van der Waals surface area contributed by atoms with Gasteiger partial charge in [-0.2, -0.15) is 0 Å². The standard InChI is InChI=1S/C15H20N2O2.ClH/c18-13-8-10-4-1-2-6-12(10)14(13)17-15(19)11-5-3-7-16-9-11;/h1-2,4,6,11,13-14,16,18H,3,5,7-9H2,(H,17,19);1H/t11-,13+,14-;/m1./s1. The second-order valence-corrected chi connectivity index (χ2v) is 5.50. The van der Waals surface area contributed by atoms with E-state index in [0.29, 0.717) is 6.42 Å². The first-order chi connectivity index (χ1) is 9.25. The number of carbonyl (C=O) groups excluding carboxylic acids is 1. The molecule has 1 fully saturated rings. The fraction of sp³-hybridized carbons (Fsp3) is 0.533. The minimum Gasteiger partial charge on any atom is -0.390 e. The molecule has 0 saturated carbocycles. The van der Waals surface area contributed by atoms with Gasteiger partial charge in [0, 0.05) is 13.0 Å². The van der Waals surface area contributed by atoms with Crippen LogP contribution >= 0.6 is 12.4 Å². The van der Waals surface area contributed by atoms with Crippen LogP contribution in [0, 0.1) is 5.92 Å². The van der Waals surface area contributed by atoms with Gasteiger partial charge in [0.15, 0.2) is 0 Å². The predicted octanol–water partition coefficient (Wildman–Crippen LogP) is 1.18. The summed E-state index contributed by atoms with van der Waals surface area (Å²) in [5.41, 5.74) is 2.20. The van der Waals surface area contributed by atoms with Crippen LogP contribution in [0.25, 0.3) is 0 Å². The highest BCUT2D eigenvalue weighted by Crippen LogP contribution is 2.31. The number of aliphatic hydroxyl groups is 1. The van der Waals surface area contributed by atoms with Gasteiger partial charge in [-0.1, -0.05) is 24.3 Å². The number of halogens is 1. The molecule has 3 rings (SSSR count). The van der Waals surface area contributed by atoms with Crippen molar-refractivity contribution < 1.29 is 9.90 Å². The molecule has 1 saturated heterocycles. The van der Waals surface area contributed by atoms with Crippen LogP contribution in [0.3, 0.4) is 0 Å². The van der Waals surface area contributed by atoms with Gasteiger partial charge in [-0.15, -0.1) is 12.4 Å². The Hall–Kier alpha value is -1.10. The van der Waals surface area contributed by atoms with Crippen LogP contribution in [0.15, 0.2) is 24.3 Å². The smallest absolute Gasteiger partial charge is 0.224 e. The first-order valence-electron chi connectivity index (χ1n) is 7.02. The van der Waals surface area contributed by atoms with E-state index in [4.69, 9.17) is 0 Å². The lowest BCUT2D eigenvalue weighted by molar-refractivity contribution is -0.127. The monoisotopic (exact) mass is 296 g/mol. The Morgan fingerprint density at radius 1 is 1.35 bits per heavy atom. The Morgan fingerprint density at radius 3 is 2.90 bits per heavy atom. The fourth-order valence-electron chi connectivity index (χ4n) is 3.09. The Morgan fingerprint density at radius 2 is 2.15 bits per heavy atom. The van der Waals surface area contributed by atoms with E-state index in [0.717, 1.165) is 37.1 Å². The van der Waals surface area contributed by atoms with E-state index in [1.807, 2.05) is 24.3 Å². The van der Waals surface area contributed by atoms with Gasteiger partial charge >= 0.3 is 0 Å². The van der Waals surface area contributed by atoms with E-state index in [2.05, 4.69) is 10.6 Å². The third-order valence-electron chi connectivity index (χ3n) is 4.17. The van der Waals surface area contributed by atoms with Gasteiger partial charge < -0.3 is 15.7 Å². The maximum Gasteiger partial charge on any atom is 0.224 e. The van der Waals surface area contributed by atoms with Crippen molar-refractivity contribution in [1.82, 2.24) is 10.6 Å². The summed E-state index contributed by atoms with van der Waals surface area (Å²) >= 11 is 0. The molecule has 0 bridgehead atoms. The van der Waals surface area contributed by atoms with Crippen molar-refractivity contribution >= 4 is 18.3 Å². The highest BCUT2D eigenvalue weighted by molar-refractivity contribution is 5.85. The maximum atomic E-state index is 12.2. The Balaban J connectivity index is 0.00000147. The van der Waals surface area contributed by atoms with Crippen molar-refractivity contribution in [2.45, 2.75) is 31.4 Å². The molecule has 1 amide bonds. The summed E-state index contributed by atoms with van der Waals surface area (Å²) in [7, 11) is 0. The summed E-state index contributed by atoms with van der Waals surface area (Å²) in [5.74, 6) is 0.0988. The SMILES string of the molecule is Cl.O=C(N[C@@H]1c2ccccc2C[C@@H]1O)[C@@H]1CCCNC1. The fourth-order valence-corrected chi connectivity index (χ4v) is 3.09. The van der Waals surface area contributed by atoms with Crippen molar-refractivity contribution in [2.24, 2.45) is 5.92 Å². The molecule has 1 aromatic rings. The normalized spacial score (nSPS) is 28.4. The summed E-state index contributed by atoms with van der Waals surface area (Å²) in [6, 6.07) is 7.70. The highest BCUT2D eigenvalue weighted by Gasteiger charge is 2.33. The van der Waals surface area contributed by atoms with Gasteiger partial charge in [-0.05, 0) is 30.5 Å². The van der Waals surface area contributed by atoms with Crippen molar-refractivity contribution in [3.8, 4) is 0 Å². The highest BCUT2D eigenvalue weighted by atomic mass is 35.5. The Labute approximate surface area is 125 Å². The largest absolute Gasteiger partial charge is 0.390 e. The number of nitrogens with one attached hydrogen (secondary N) is 2. The van der Waals surface area contributed by atoms with Gasteiger partial charge in [0.2, 0.25) is 5.91 Å². The molecule has 1 aliphatic heterocycles. The molecular weight excluding hydrogens is 276 g/mol. The number of benzene rings is 1. The van der Waals surface area contributed by atoms with E-state index in [1.54, 1.807) is 0 Å². The van der Waals surface area contributed by atoms with Crippen molar-refractivity contribution in [3.05, 3.63) is 35.4 Å². The average molecular weight is 297 g/mol. The molecule has 4 nitrogen and oxygen atoms in total. The third kappa shape index (κ3) is 2.97. The number of fused-ring (bicyclic) bond motifs is 1. The lowest BCUT2D eigenvalue weighted by Gasteiger charge is -2.25. The molecule has 0 spiro atoms. The van der Waals surface area contributed by atoms with E-state index in [-0.39, 0.29) is 30.3 Å². The summed E-state index contributed by atoms with van der Waals surface area (Å²) in [6.07, 6.45) is 2.10. The molecule has 1 aliphatic carbocycles. The van der Waals surface area contributed by atoms with E-state index < -0.39 is 6.10 Å². The van der Waals surface area contributed by atoms with Crippen molar-refractivity contribution in [3.63, 3.8) is 0 Å². The zero-order chi connectivity index (χ0) is 13.2. The molecule has 110 valence electrons. The summed E-state index contributed by atoms with van der Waals surface area (Å²) < 4.78 is 0. The summed E-state index contributed by atoms with van der Waals surface area (Å²) in [6.45, 7) is 1.75. The number of carbonyl (C=O) groups is 1. The predicted molar refractivity (Wildman–Crippen MR) is 79.9 cm³/mol. The molecule has 0 radical (unpaired) electrons. The summed E-state index contributed by atoms with van der Waals surface area (Å²) in [4.78, 5) is 12.2. The van der Waals surface area contributed by atoms with E-state index >= 15 is 0 Å². The van der Waals surface area contributed by atoms with Gasteiger partial charge in [0.1, 0.15) is 0 Å². The molecular formula is C15H21ClN2O2. The quantitative estimate of drug-likeness (QED) is 0.768. The molecule has 0 aromatic heterocycles. The van der Waals surface area contributed by atoms with Gasteiger partial charge in [0.25, 0.3) is 0 Å². The minimum atomic E-state index is -0.502.